The third-order valence-corrected chi connectivity index (χ3v) is 3.31. The van der Waals surface area contributed by atoms with E-state index in [9.17, 15) is 4.79 Å². The number of hydrogen-bond acceptors (Lipinski definition) is 4. The van der Waals surface area contributed by atoms with Crippen LogP contribution in [0.1, 0.15) is 50.7 Å². The molecule has 2 N–H and O–H groups in total. The van der Waals surface area contributed by atoms with Crippen molar-refractivity contribution in [1.29, 1.82) is 0 Å². The Morgan fingerprint density at radius 3 is 2.30 bits per heavy atom. The van der Waals surface area contributed by atoms with Gasteiger partial charge in [-0.2, -0.15) is 0 Å². The van der Waals surface area contributed by atoms with Crippen LogP contribution in [0, 0.1) is 0 Å². The smallest absolute Gasteiger partial charge is 0.271 e. The van der Waals surface area contributed by atoms with Crippen LogP contribution in [0.4, 0.5) is 11.5 Å². The van der Waals surface area contributed by atoms with Crippen LogP contribution in [-0.2, 0) is 5.41 Å². The molecular weight excluding hydrogens is 288 g/mol. The summed E-state index contributed by atoms with van der Waals surface area (Å²) >= 11 is 0. The Labute approximate surface area is 137 Å². The highest BCUT2D eigenvalue weighted by atomic mass is 16.2. The van der Waals surface area contributed by atoms with Crippen LogP contribution >= 0.6 is 0 Å². The quantitative estimate of drug-likeness (QED) is 0.904. The molecule has 0 fully saturated rings. The molecule has 0 aliphatic carbocycles. The lowest BCUT2D eigenvalue weighted by molar-refractivity contribution is 0.0937. The number of amides is 1. The average molecular weight is 312 g/mol. The molecule has 5 heteroatoms. The maximum Gasteiger partial charge on any atom is 0.271 e. The van der Waals surface area contributed by atoms with Crippen LogP contribution < -0.4 is 10.6 Å². The topological polar surface area (TPSA) is 66.9 Å². The van der Waals surface area contributed by atoms with E-state index in [1.807, 2.05) is 32.0 Å². The van der Waals surface area contributed by atoms with Crippen molar-refractivity contribution in [2.45, 2.75) is 46.1 Å². The molecule has 122 valence electrons. The maximum atomic E-state index is 11.9. The minimum absolute atomic E-state index is 0.0219. The van der Waals surface area contributed by atoms with Gasteiger partial charge in [-0.15, -0.1) is 10.2 Å². The minimum atomic E-state index is -0.214. The highest BCUT2D eigenvalue weighted by Crippen LogP contribution is 2.30. The van der Waals surface area contributed by atoms with Crippen LogP contribution in [0.15, 0.2) is 36.4 Å². The minimum Gasteiger partial charge on any atom is -0.348 e. The van der Waals surface area contributed by atoms with Crippen molar-refractivity contribution in [2.24, 2.45) is 0 Å². The fourth-order valence-electron chi connectivity index (χ4n) is 2.24. The van der Waals surface area contributed by atoms with Gasteiger partial charge in [-0.1, -0.05) is 39.0 Å². The van der Waals surface area contributed by atoms with Crippen molar-refractivity contribution in [3.63, 3.8) is 0 Å². The Kier molecular flexibility index (Phi) is 4.98. The number of anilines is 2. The Morgan fingerprint density at radius 2 is 1.74 bits per heavy atom. The molecule has 0 aliphatic rings. The van der Waals surface area contributed by atoms with Gasteiger partial charge in [0.25, 0.3) is 5.91 Å². The summed E-state index contributed by atoms with van der Waals surface area (Å²) in [4.78, 5) is 11.9. The molecule has 0 unspecified atom stereocenters. The molecule has 0 bridgehead atoms. The van der Waals surface area contributed by atoms with E-state index >= 15 is 0 Å². The summed E-state index contributed by atoms with van der Waals surface area (Å²) in [6.45, 7) is 10.3. The summed E-state index contributed by atoms with van der Waals surface area (Å²) in [5.74, 6) is 0.400. The van der Waals surface area contributed by atoms with E-state index in [1.54, 1.807) is 12.1 Å². The molecule has 0 saturated carbocycles. The van der Waals surface area contributed by atoms with Gasteiger partial charge < -0.3 is 10.6 Å². The summed E-state index contributed by atoms with van der Waals surface area (Å²) in [5.41, 5.74) is 2.53. The Hall–Kier alpha value is -2.43. The molecule has 1 aromatic carbocycles. The molecular formula is C18H24N4O. The van der Waals surface area contributed by atoms with Gasteiger partial charge in [0.2, 0.25) is 0 Å². The van der Waals surface area contributed by atoms with Crippen molar-refractivity contribution in [2.75, 3.05) is 5.32 Å². The first-order chi connectivity index (χ1) is 10.8. The second kappa shape index (κ2) is 6.77. The lowest BCUT2D eigenvalue weighted by atomic mass is 9.86. The normalized spacial score (nSPS) is 11.4. The van der Waals surface area contributed by atoms with Gasteiger partial charge in [0, 0.05) is 11.7 Å². The predicted molar refractivity (Wildman–Crippen MR) is 93.1 cm³/mol. The van der Waals surface area contributed by atoms with Gasteiger partial charge in [-0.25, -0.2) is 0 Å². The Balaban J connectivity index is 2.18. The van der Waals surface area contributed by atoms with Crippen molar-refractivity contribution < 1.29 is 4.79 Å². The van der Waals surface area contributed by atoms with Crippen LogP contribution in [-0.4, -0.2) is 22.1 Å². The number of nitrogens with zero attached hydrogens (tertiary/aromatic N) is 2. The van der Waals surface area contributed by atoms with E-state index in [1.165, 1.54) is 5.56 Å². The number of carbonyl (C=O) groups excluding carboxylic acids is 1. The zero-order valence-electron chi connectivity index (χ0n) is 14.3. The molecule has 0 spiro atoms. The van der Waals surface area contributed by atoms with Gasteiger partial charge in [-0.05, 0) is 43.0 Å². The first kappa shape index (κ1) is 16.9. The second-order valence-corrected chi connectivity index (χ2v) is 6.85. The molecule has 0 saturated heterocycles. The molecule has 23 heavy (non-hydrogen) atoms. The molecule has 1 amide bonds. The van der Waals surface area contributed by atoms with Crippen LogP contribution in [0.2, 0.25) is 0 Å². The van der Waals surface area contributed by atoms with Crippen LogP contribution in [0.3, 0.4) is 0 Å². The standard InChI is InChI=1S/C18H24N4O/c1-12(2)19-17(23)15-10-11-16(22-21-15)20-14-9-7-6-8-13(14)18(3,4)5/h6-12H,1-5H3,(H,19,23)(H,20,22). The van der Waals surface area contributed by atoms with Crippen LogP contribution in [0.25, 0.3) is 0 Å². The van der Waals surface area contributed by atoms with Crippen molar-refractivity contribution in [1.82, 2.24) is 15.5 Å². The number of rotatable bonds is 4. The molecule has 1 aromatic heterocycles. The molecule has 1 heterocycles. The summed E-state index contributed by atoms with van der Waals surface area (Å²) in [6.07, 6.45) is 0. The predicted octanol–water partition coefficient (Wildman–Crippen LogP) is 3.66. The molecule has 0 aliphatic heterocycles. The Morgan fingerprint density at radius 1 is 1.04 bits per heavy atom. The first-order valence-corrected chi connectivity index (χ1v) is 7.78. The highest BCUT2D eigenvalue weighted by molar-refractivity contribution is 5.92. The van der Waals surface area contributed by atoms with Gasteiger partial charge in [0.05, 0.1) is 0 Å². The monoisotopic (exact) mass is 312 g/mol. The SMILES string of the molecule is CC(C)NC(=O)c1ccc(Nc2ccccc2C(C)(C)C)nn1. The van der Waals surface area contributed by atoms with Crippen molar-refractivity contribution >= 4 is 17.4 Å². The fourth-order valence-corrected chi connectivity index (χ4v) is 2.24. The molecule has 0 atom stereocenters. The van der Waals surface area contributed by atoms with E-state index in [-0.39, 0.29) is 17.4 Å². The summed E-state index contributed by atoms with van der Waals surface area (Å²) < 4.78 is 0. The summed E-state index contributed by atoms with van der Waals surface area (Å²) in [7, 11) is 0. The third-order valence-electron chi connectivity index (χ3n) is 3.31. The molecule has 5 nitrogen and oxygen atoms in total. The zero-order valence-corrected chi connectivity index (χ0v) is 14.3. The number of aromatic nitrogens is 2. The second-order valence-electron chi connectivity index (χ2n) is 6.85. The van der Waals surface area contributed by atoms with E-state index in [4.69, 9.17) is 0 Å². The number of para-hydroxylation sites is 1. The van der Waals surface area contributed by atoms with E-state index in [2.05, 4.69) is 47.7 Å². The lowest BCUT2D eigenvalue weighted by Gasteiger charge is -2.23. The number of nitrogens with one attached hydrogen (secondary N) is 2. The number of benzene rings is 1. The van der Waals surface area contributed by atoms with Gasteiger partial charge >= 0.3 is 0 Å². The van der Waals surface area contributed by atoms with Gasteiger partial charge in [-0.3, -0.25) is 4.79 Å². The van der Waals surface area contributed by atoms with E-state index in [0.29, 0.717) is 11.5 Å². The van der Waals surface area contributed by atoms with Crippen molar-refractivity contribution in [3.05, 3.63) is 47.7 Å². The number of hydrogen-bond donors (Lipinski definition) is 2. The van der Waals surface area contributed by atoms with Gasteiger partial charge in [0.1, 0.15) is 0 Å². The van der Waals surface area contributed by atoms with Gasteiger partial charge in [0.15, 0.2) is 11.5 Å². The largest absolute Gasteiger partial charge is 0.348 e. The summed E-state index contributed by atoms with van der Waals surface area (Å²) in [5, 5.41) is 14.2. The molecule has 0 radical (unpaired) electrons. The maximum absolute atomic E-state index is 11.9. The number of carbonyl (C=O) groups is 1. The van der Waals surface area contributed by atoms with Crippen LogP contribution in [0.5, 0.6) is 0 Å². The fraction of sp³-hybridized carbons (Fsp3) is 0.389. The molecule has 2 rings (SSSR count). The van der Waals surface area contributed by atoms with E-state index in [0.717, 1.165) is 5.69 Å². The van der Waals surface area contributed by atoms with Crippen molar-refractivity contribution in [3.8, 4) is 0 Å². The Bertz CT molecular complexity index is 672. The third kappa shape index (κ3) is 4.52. The van der Waals surface area contributed by atoms with E-state index < -0.39 is 0 Å². The summed E-state index contributed by atoms with van der Waals surface area (Å²) in [6, 6.07) is 11.6. The highest BCUT2D eigenvalue weighted by Gasteiger charge is 2.18. The average Bonchev–Trinajstić information content (AvgIpc) is 2.46. The first-order valence-electron chi connectivity index (χ1n) is 7.78. The zero-order chi connectivity index (χ0) is 17.0. The molecule has 2 aromatic rings. The lowest BCUT2D eigenvalue weighted by Crippen LogP contribution is -2.30.